The molecule has 0 radical (unpaired) electrons. The summed E-state index contributed by atoms with van der Waals surface area (Å²) in [5.74, 6) is 0.675. The summed E-state index contributed by atoms with van der Waals surface area (Å²) in [5.41, 5.74) is 8.61. The van der Waals surface area contributed by atoms with Crippen molar-refractivity contribution in [2.24, 2.45) is 0 Å². The summed E-state index contributed by atoms with van der Waals surface area (Å²) in [6.45, 7) is 1.27. The zero-order valence-electron chi connectivity index (χ0n) is 11.3. The van der Waals surface area contributed by atoms with Crippen molar-refractivity contribution in [1.29, 1.82) is 5.26 Å². The van der Waals surface area contributed by atoms with E-state index in [2.05, 4.69) is 11.0 Å². The molecule has 106 valence electrons. The Morgan fingerprint density at radius 1 is 1.29 bits per heavy atom. The molecule has 1 aliphatic rings. The summed E-state index contributed by atoms with van der Waals surface area (Å²) < 4.78 is 14.0. The number of nitrogen functional groups attached to an aromatic ring is 1. The number of rotatable bonds is 2. The lowest BCUT2D eigenvalue weighted by molar-refractivity contribution is 0.604. The van der Waals surface area contributed by atoms with Gasteiger partial charge in [0.25, 0.3) is 0 Å². The molecular weight excluding hydrogens is 285 g/mol. The molecule has 1 aliphatic heterocycles. The molecule has 0 atom stereocenters. The van der Waals surface area contributed by atoms with Crippen molar-refractivity contribution in [3.8, 4) is 6.07 Å². The summed E-state index contributed by atoms with van der Waals surface area (Å²) in [6.07, 6.45) is 0. The van der Waals surface area contributed by atoms with E-state index in [1.54, 1.807) is 17.8 Å². The Morgan fingerprint density at radius 3 is 2.95 bits per heavy atom. The van der Waals surface area contributed by atoms with Crippen molar-refractivity contribution < 1.29 is 4.39 Å². The summed E-state index contributed by atoms with van der Waals surface area (Å²) in [5, 5.41) is 8.95. The minimum atomic E-state index is -0.280. The highest BCUT2D eigenvalue weighted by Gasteiger charge is 2.19. The highest BCUT2D eigenvalue weighted by atomic mass is 32.2. The fraction of sp³-hybridized carbons (Fsp3) is 0.188. The van der Waals surface area contributed by atoms with E-state index >= 15 is 0 Å². The Morgan fingerprint density at radius 2 is 2.14 bits per heavy atom. The maximum Gasteiger partial charge on any atom is 0.128 e. The van der Waals surface area contributed by atoms with Gasteiger partial charge >= 0.3 is 0 Å². The molecule has 0 spiro atoms. The second-order valence-electron chi connectivity index (χ2n) is 4.92. The van der Waals surface area contributed by atoms with E-state index in [1.165, 1.54) is 12.1 Å². The predicted octanol–water partition coefficient (Wildman–Crippen LogP) is 3.39. The van der Waals surface area contributed by atoms with Crippen LogP contribution in [-0.4, -0.2) is 12.3 Å². The van der Waals surface area contributed by atoms with Gasteiger partial charge in [-0.3, -0.25) is 0 Å². The molecule has 2 N–H and O–H groups in total. The van der Waals surface area contributed by atoms with Crippen LogP contribution in [0.1, 0.15) is 11.1 Å². The normalized spacial score (nSPS) is 13.6. The number of benzene rings is 2. The smallest absolute Gasteiger partial charge is 0.128 e. The first-order chi connectivity index (χ1) is 10.2. The molecule has 1 heterocycles. The van der Waals surface area contributed by atoms with Gasteiger partial charge < -0.3 is 10.6 Å². The van der Waals surface area contributed by atoms with Crippen LogP contribution < -0.4 is 10.6 Å². The van der Waals surface area contributed by atoms with Crippen LogP contribution in [0.3, 0.4) is 0 Å². The number of fused-ring (bicyclic) bond motifs is 1. The summed E-state index contributed by atoms with van der Waals surface area (Å²) in [6, 6.07) is 12.3. The molecular formula is C16H14FN3S. The van der Waals surface area contributed by atoms with Crippen molar-refractivity contribution >= 4 is 23.1 Å². The van der Waals surface area contributed by atoms with Gasteiger partial charge in [-0.1, -0.05) is 0 Å². The van der Waals surface area contributed by atoms with Gasteiger partial charge in [0.15, 0.2) is 0 Å². The van der Waals surface area contributed by atoms with Gasteiger partial charge in [0, 0.05) is 35.0 Å². The van der Waals surface area contributed by atoms with Crippen molar-refractivity contribution in [2.45, 2.75) is 11.4 Å². The third kappa shape index (κ3) is 2.81. The van der Waals surface area contributed by atoms with Crippen molar-refractivity contribution in [3.63, 3.8) is 0 Å². The van der Waals surface area contributed by atoms with Crippen molar-refractivity contribution in [3.05, 3.63) is 53.3 Å². The minimum Gasteiger partial charge on any atom is -0.399 e. The highest BCUT2D eigenvalue weighted by Crippen LogP contribution is 2.36. The van der Waals surface area contributed by atoms with Crippen LogP contribution >= 0.6 is 11.8 Å². The van der Waals surface area contributed by atoms with E-state index in [1.807, 2.05) is 18.2 Å². The number of thioether (sulfide) groups is 1. The largest absolute Gasteiger partial charge is 0.399 e. The van der Waals surface area contributed by atoms with Crippen LogP contribution in [0.4, 0.5) is 15.8 Å². The number of halogens is 1. The quantitative estimate of drug-likeness (QED) is 0.864. The molecule has 2 aromatic carbocycles. The van der Waals surface area contributed by atoms with E-state index in [4.69, 9.17) is 11.0 Å². The Kier molecular flexibility index (Phi) is 3.72. The van der Waals surface area contributed by atoms with Gasteiger partial charge in [-0.15, -0.1) is 11.8 Å². The topological polar surface area (TPSA) is 53.0 Å². The van der Waals surface area contributed by atoms with Gasteiger partial charge in [-0.05, 0) is 36.4 Å². The zero-order valence-corrected chi connectivity index (χ0v) is 12.2. The fourth-order valence-corrected chi connectivity index (χ4v) is 3.46. The molecule has 0 saturated carbocycles. The summed E-state index contributed by atoms with van der Waals surface area (Å²) in [7, 11) is 0. The molecule has 0 aromatic heterocycles. The van der Waals surface area contributed by atoms with E-state index < -0.39 is 0 Å². The molecule has 0 saturated heterocycles. The zero-order chi connectivity index (χ0) is 14.8. The van der Waals surface area contributed by atoms with E-state index in [0.717, 1.165) is 22.9 Å². The molecule has 0 fully saturated rings. The molecule has 5 heteroatoms. The fourth-order valence-electron chi connectivity index (χ4n) is 2.43. The van der Waals surface area contributed by atoms with Crippen molar-refractivity contribution in [1.82, 2.24) is 0 Å². The first kappa shape index (κ1) is 13.8. The highest BCUT2D eigenvalue weighted by molar-refractivity contribution is 7.99. The first-order valence-corrected chi connectivity index (χ1v) is 7.62. The Balaban J connectivity index is 1.94. The predicted molar refractivity (Wildman–Crippen MR) is 83.7 cm³/mol. The summed E-state index contributed by atoms with van der Waals surface area (Å²) in [4.78, 5) is 3.27. The average molecular weight is 299 g/mol. The monoisotopic (exact) mass is 299 g/mol. The lowest BCUT2D eigenvalue weighted by Crippen LogP contribution is -2.29. The van der Waals surface area contributed by atoms with Crippen molar-refractivity contribution in [2.75, 3.05) is 22.9 Å². The maximum absolute atomic E-state index is 14.0. The van der Waals surface area contributed by atoms with Crippen LogP contribution in [0.15, 0.2) is 41.3 Å². The Labute approximate surface area is 127 Å². The molecule has 0 aliphatic carbocycles. The van der Waals surface area contributed by atoms with E-state index in [-0.39, 0.29) is 5.82 Å². The second-order valence-corrected chi connectivity index (χ2v) is 6.05. The second kappa shape index (κ2) is 5.66. The standard InChI is InChI=1S/C16H14FN3S/c17-14-3-1-11(9-18)7-12(14)10-20-5-6-21-16-4-2-13(19)8-15(16)20/h1-4,7-8H,5-6,10,19H2. The van der Waals surface area contributed by atoms with Crippen LogP contribution in [-0.2, 0) is 6.54 Å². The molecule has 0 bridgehead atoms. The number of hydrogen-bond donors (Lipinski definition) is 1. The molecule has 0 unspecified atom stereocenters. The van der Waals surface area contributed by atoms with Crippen LogP contribution in [0.2, 0.25) is 0 Å². The van der Waals surface area contributed by atoms with Gasteiger partial charge in [-0.2, -0.15) is 5.26 Å². The first-order valence-electron chi connectivity index (χ1n) is 6.63. The maximum atomic E-state index is 14.0. The van der Waals surface area contributed by atoms with Gasteiger partial charge in [0.05, 0.1) is 17.3 Å². The van der Waals surface area contributed by atoms with E-state index in [0.29, 0.717) is 23.4 Å². The summed E-state index contributed by atoms with van der Waals surface area (Å²) >= 11 is 1.78. The lowest BCUT2D eigenvalue weighted by Gasteiger charge is -2.31. The number of nitrogens with zero attached hydrogens (tertiary/aromatic N) is 2. The minimum absolute atomic E-state index is 0.280. The number of nitrogens with two attached hydrogens (primary N) is 1. The van der Waals surface area contributed by atoms with Crippen LogP contribution in [0, 0.1) is 17.1 Å². The average Bonchev–Trinajstić information content (AvgIpc) is 2.50. The molecule has 3 rings (SSSR count). The van der Waals surface area contributed by atoms with E-state index in [9.17, 15) is 4.39 Å². The Bertz CT molecular complexity index is 724. The number of nitriles is 1. The Hall–Kier alpha value is -2.19. The third-order valence-electron chi connectivity index (χ3n) is 3.48. The van der Waals surface area contributed by atoms with Gasteiger partial charge in [-0.25, -0.2) is 4.39 Å². The SMILES string of the molecule is N#Cc1ccc(F)c(CN2CCSc3ccc(N)cc32)c1. The van der Waals surface area contributed by atoms with Crippen LogP contribution in [0.25, 0.3) is 0 Å². The molecule has 2 aromatic rings. The molecule has 21 heavy (non-hydrogen) atoms. The van der Waals surface area contributed by atoms with Gasteiger partial charge in [0.2, 0.25) is 0 Å². The molecule has 0 amide bonds. The number of anilines is 2. The third-order valence-corrected chi connectivity index (χ3v) is 4.52. The van der Waals surface area contributed by atoms with Gasteiger partial charge in [0.1, 0.15) is 5.82 Å². The lowest BCUT2D eigenvalue weighted by atomic mass is 10.1. The van der Waals surface area contributed by atoms with Crippen LogP contribution in [0.5, 0.6) is 0 Å². The number of hydrogen-bond acceptors (Lipinski definition) is 4. The molecule has 3 nitrogen and oxygen atoms in total.